The van der Waals surface area contributed by atoms with Crippen molar-refractivity contribution in [1.29, 1.82) is 0 Å². The maximum Gasteiger partial charge on any atom is 0.173 e. The molecule has 22 heavy (non-hydrogen) atoms. The molecule has 1 N–H and O–H groups in total. The maximum absolute atomic E-state index is 5.46. The van der Waals surface area contributed by atoms with Crippen LogP contribution in [-0.4, -0.2) is 34.0 Å². The fourth-order valence-electron chi connectivity index (χ4n) is 2.03. The topological polar surface area (TPSA) is 42.3 Å². The number of thiocarbonyl (C=S) groups is 1. The molecule has 2 aromatic rings. The number of nitrogens with one attached hydrogen (secondary N) is 1. The van der Waals surface area contributed by atoms with Crippen LogP contribution in [0.3, 0.4) is 0 Å². The number of benzene rings is 1. The monoisotopic (exact) mass is 382 g/mol. The average molecular weight is 383 g/mol. The van der Waals surface area contributed by atoms with Gasteiger partial charge in [0.25, 0.3) is 0 Å². The summed E-state index contributed by atoms with van der Waals surface area (Å²) in [6, 6.07) is 7.68. The lowest BCUT2D eigenvalue weighted by Crippen LogP contribution is -2.31. The number of halogens is 1. The van der Waals surface area contributed by atoms with Crippen LogP contribution < -0.4 is 10.1 Å². The third-order valence-electron chi connectivity index (χ3n) is 3.25. The van der Waals surface area contributed by atoms with E-state index >= 15 is 0 Å². The minimum atomic E-state index is 0.643. The second-order valence-corrected chi connectivity index (χ2v) is 6.01. The van der Waals surface area contributed by atoms with Gasteiger partial charge in [-0.3, -0.25) is 4.68 Å². The van der Waals surface area contributed by atoms with Crippen LogP contribution in [0.2, 0.25) is 0 Å². The second-order valence-electron chi connectivity index (χ2n) is 4.77. The number of anilines is 1. The Morgan fingerprint density at radius 2 is 2.27 bits per heavy atom. The molecule has 0 unspecified atom stereocenters. The molecule has 1 aromatic carbocycles. The highest BCUT2D eigenvalue weighted by atomic mass is 79.9. The van der Waals surface area contributed by atoms with E-state index in [-0.39, 0.29) is 0 Å². The number of hydrogen-bond acceptors (Lipinski definition) is 3. The first kappa shape index (κ1) is 16.8. The van der Waals surface area contributed by atoms with Crippen LogP contribution in [0.5, 0.6) is 5.75 Å². The minimum Gasteiger partial charge on any atom is -0.497 e. The molecule has 0 aliphatic carbocycles. The van der Waals surface area contributed by atoms with Crippen molar-refractivity contribution in [1.82, 2.24) is 14.7 Å². The highest BCUT2D eigenvalue weighted by Gasteiger charge is 2.12. The van der Waals surface area contributed by atoms with Gasteiger partial charge >= 0.3 is 0 Å². The summed E-state index contributed by atoms with van der Waals surface area (Å²) in [7, 11) is 3.60. The Morgan fingerprint density at radius 1 is 1.50 bits per heavy atom. The molecular formula is C15H19BrN4OS. The van der Waals surface area contributed by atoms with E-state index in [4.69, 9.17) is 17.0 Å². The number of aromatic nitrogens is 2. The van der Waals surface area contributed by atoms with E-state index in [2.05, 4.69) is 33.3 Å². The molecule has 118 valence electrons. The Kier molecular flexibility index (Phi) is 5.79. The van der Waals surface area contributed by atoms with Gasteiger partial charge in [0.05, 0.1) is 30.0 Å². The predicted molar refractivity (Wildman–Crippen MR) is 96.3 cm³/mol. The molecule has 0 fully saturated rings. The summed E-state index contributed by atoms with van der Waals surface area (Å²) in [5.74, 6) is 0.794. The molecule has 0 amide bonds. The number of aryl methyl sites for hydroxylation is 1. The van der Waals surface area contributed by atoms with Crippen molar-refractivity contribution in [3.8, 4) is 5.75 Å². The number of ether oxygens (including phenoxy) is 1. The molecule has 0 atom stereocenters. The Hall–Kier alpha value is -1.60. The molecule has 1 aromatic heterocycles. The third kappa shape index (κ3) is 3.98. The van der Waals surface area contributed by atoms with Crippen LogP contribution in [0, 0.1) is 0 Å². The van der Waals surface area contributed by atoms with Crippen LogP contribution in [-0.2, 0) is 13.1 Å². The van der Waals surface area contributed by atoms with Gasteiger partial charge < -0.3 is 15.0 Å². The van der Waals surface area contributed by atoms with Gasteiger partial charge in [-0.15, -0.1) is 0 Å². The normalized spacial score (nSPS) is 10.4. The fourth-order valence-corrected chi connectivity index (χ4v) is 2.64. The van der Waals surface area contributed by atoms with Gasteiger partial charge in [0.2, 0.25) is 0 Å². The fraction of sp³-hybridized carbons (Fsp3) is 0.333. The largest absolute Gasteiger partial charge is 0.497 e. The highest BCUT2D eigenvalue weighted by molar-refractivity contribution is 9.10. The average Bonchev–Trinajstić information content (AvgIpc) is 2.87. The predicted octanol–water partition coefficient (Wildman–Crippen LogP) is 3.50. The summed E-state index contributed by atoms with van der Waals surface area (Å²) in [5.41, 5.74) is 2.00. The molecule has 0 radical (unpaired) electrons. The first-order chi connectivity index (χ1) is 10.5. The van der Waals surface area contributed by atoms with Crippen molar-refractivity contribution in [2.24, 2.45) is 0 Å². The van der Waals surface area contributed by atoms with E-state index in [9.17, 15) is 0 Å². The van der Waals surface area contributed by atoms with Gasteiger partial charge in [-0.1, -0.05) is 6.07 Å². The van der Waals surface area contributed by atoms with Gasteiger partial charge in [0.15, 0.2) is 5.11 Å². The first-order valence-electron chi connectivity index (χ1n) is 6.91. The van der Waals surface area contributed by atoms with Gasteiger partial charge in [0.1, 0.15) is 5.75 Å². The molecule has 2 rings (SSSR count). The number of rotatable bonds is 5. The van der Waals surface area contributed by atoms with E-state index in [1.807, 2.05) is 47.1 Å². The summed E-state index contributed by atoms with van der Waals surface area (Å²) in [4.78, 5) is 1.97. The standard InChI is InChI=1S/C15H19BrN4OS/c1-4-20-14(13(16)9-17-20)10-19(2)15(22)18-11-6-5-7-12(8-11)21-3/h5-9H,4,10H2,1-3H3,(H,18,22). The van der Waals surface area contributed by atoms with Crippen LogP contribution >= 0.6 is 28.1 Å². The third-order valence-corrected chi connectivity index (χ3v) is 4.33. The lowest BCUT2D eigenvalue weighted by molar-refractivity contribution is 0.415. The van der Waals surface area contributed by atoms with E-state index < -0.39 is 0 Å². The van der Waals surface area contributed by atoms with Gasteiger partial charge in [0, 0.05) is 25.3 Å². The summed E-state index contributed by atoms with van der Waals surface area (Å²) in [6.07, 6.45) is 1.81. The zero-order valence-electron chi connectivity index (χ0n) is 12.8. The van der Waals surface area contributed by atoms with Crippen molar-refractivity contribution >= 4 is 38.9 Å². The summed E-state index contributed by atoms with van der Waals surface area (Å²) >= 11 is 8.99. The van der Waals surface area contributed by atoms with Crippen LogP contribution in [0.25, 0.3) is 0 Å². The zero-order chi connectivity index (χ0) is 16.1. The Balaban J connectivity index is 2.04. The molecule has 0 spiro atoms. The zero-order valence-corrected chi connectivity index (χ0v) is 15.2. The molecule has 0 aliphatic rings. The summed E-state index contributed by atoms with van der Waals surface area (Å²) in [6.45, 7) is 3.56. The molecule has 0 aliphatic heterocycles. The van der Waals surface area contributed by atoms with Crippen molar-refractivity contribution in [2.45, 2.75) is 20.0 Å². The molecule has 0 saturated carbocycles. The van der Waals surface area contributed by atoms with E-state index in [1.165, 1.54) is 0 Å². The van der Waals surface area contributed by atoms with Gasteiger partial charge in [-0.05, 0) is 47.2 Å². The summed E-state index contributed by atoms with van der Waals surface area (Å²) in [5, 5.41) is 8.18. The lowest BCUT2D eigenvalue weighted by atomic mass is 10.3. The molecule has 0 saturated heterocycles. The van der Waals surface area contributed by atoms with Crippen LogP contribution in [0.15, 0.2) is 34.9 Å². The Morgan fingerprint density at radius 3 is 2.95 bits per heavy atom. The van der Waals surface area contributed by atoms with Crippen LogP contribution in [0.4, 0.5) is 5.69 Å². The van der Waals surface area contributed by atoms with Crippen molar-refractivity contribution < 1.29 is 4.74 Å². The summed E-state index contributed by atoms with van der Waals surface area (Å²) < 4.78 is 8.16. The molecule has 0 bridgehead atoms. The van der Waals surface area contributed by atoms with Crippen LogP contribution in [0.1, 0.15) is 12.6 Å². The number of nitrogens with zero attached hydrogens (tertiary/aromatic N) is 3. The van der Waals surface area contributed by atoms with Crippen molar-refractivity contribution in [3.63, 3.8) is 0 Å². The molecule has 7 heteroatoms. The molecular weight excluding hydrogens is 364 g/mol. The van der Waals surface area contributed by atoms with E-state index in [1.54, 1.807) is 7.11 Å². The van der Waals surface area contributed by atoms with Crippen molar-refractivity contribution in [3.05, 3.63) is 40.6 Å². The SMILES string of the molecule is CCn1ncc(Br)c1CN(C)C(=S)Nc1cccc(OC)c1. The highest BCUT2D eigenvalue weighted by Crippen LogP contribution is 2.19. The number of methoxy groups -OCH3 is 1. The Labute approximate surface area is 144 Å². The van der Waals surface area contributed by atoms with Gasteiger partial charge in [-0.25, -0.2) is 0 Å². The van der Waals surface area contributed by atoms with E-state index in [0.29, 0.717) is 11.7 Å². The quantitative estimate of drug-likeness (QED) is 0.801. The minimum absolute atomic E-state index is 0.643. The molecule has 5 nitrogen and oxygen atoms in total. The van der Waals surface area contributed by atoms with Crippen molar-refractivity contribution in [2.75, 3.05) is 19.5 Å². The Bertz CT molecular complexity index is 659. The smallest absolute Gasteiger partial charge is 0.173 e. The van der Waals surface area contributed by atoms with E-state index in [0.717, 1.165) is 28.1 Å². The maximum atomic E-state index is 5.46. The molecule has 1 heterocycles. The van der Waals surface area contributed by atoms with Gasteiger partial charge in [-0.2, -0.15) is 5.10 Å². The number of hydrogen-bond donors (Lipinski definition) is 1. The second kappa shape index (κ2) is 7.60. The first-order valence-corrected chi connectivity index (χ1v) is 8.11. The lowest BCUT2D eigenvalue weighted by Gasteiger charge is -2.22.